The predicted molar refractivity (Wildman–Crippen MR) is 44.1 cm³/mol. The molecule has 3 atom stereocenters. The molecule has 0 aliphatic heterocycles. The zero-order valence-corrected chi connectivity index (χ0v) is 6.75. The van der Waals surface area contributed by atoms with Crippen LogP contribution in [-0.2, 0) is 4.79 Å². The molecular weight excluding hydrogens is 136 g/mol. The second-order valence-corrected chi connectivity index (χ2v) is 3.80. The monoisotopic (exact) mass is 150 g/mol. The summed E-state index contributed by atoms with van der Waals surface area (Å²) >= 11 is 0. The molecule has 0 heterocycles. The molecule has 11 heavy (non-hydrogen) atoms. The maximum Gasteiger partial charge on any atom is 0.139 e. The number of carbonyl (C=O) groups is 1. The largest absolute Gasteiger partial charge is 0.299 e. The van der Waals surface area contributed by atoms with Crippen molar-refractivity contribution in [2.24, 2.45) is 17.8 Å². The summed E-state index contributed by atoms with van der Waals surface area (Å²) < 4.78 is 0. The van der Waals surface area contributed by atoms with Gasteiger partial charge in [0.05, 0.1) is 0 Å². The van der Waals surface area contributed by atoms with Gasteiger partial charge in [0.2, 0.25) is 0 Å². The Morgan fingerprint density at radius 3 is 2.91 bits per heavy atom. The molecule has 60 valence electrons. The fraction of sp³-hybridized carbons (Fsp3) is 0.700. The number of ketones is 1. The molecule has 2 rings (SSSR count). The van der Waals surface area contributed by atoms with E-state index in [9.17, 15) is 4.79 Å². The molecule has 1 unspecified atom stereocenters. The average Bonchev–Trinajstić information content (AvgIpc) is 2.54. The molecule has 2 saturated carbocycles. The van der Waals surface area contributed by atoms with Crippen LogP contribution in [0.25, 0.3) is 0 Å². The first-order valence-electron chi connectivity index (χ1n) is 4.47. The molecule has 1 heteroatoms. The van der Waals surface area contributed by atoms with Gasteiger partial charge in [-0.05, 0) is 31.6 Å². The van der Waals surface area contributed by atoms with Crippen LogP contribution in [0, 0.1) is 17.8 Å². The van der Waals surface area contributed by atoms with Crippen LogP contribution in [0.5, 0.6) is 0 Å². The van der Waals surface area contributed by atoms with E-state index >= 15 is 0 Å². The first kappa shape index (κ1) is 7.08. The Labute approximate surface area is 67.5 Å². The molecule has 0 spiro atoms. The van der Waals surface area contributed by atoms with Gasteiger partial charge in [0.15, 0.2) is 0 Å². The highest BCUT2D eigenvalue weighted by Gasteiger charge is 2.45. The Kier molecular flexibility index (Phi) is 1.59. The second-order valence-electron chi connectivity index (χ2n) is 3.80. The SMILES string of the molecule is C=CCC1C(=O)[C@H]2CC[C@@H]1C2. The molecule has 2 aliphatic rings. The van der Waals surface area contributed by atoms with Gasteiger partial charge < -0.3 is 0 Å². The Bertz CT molecular complexity index is 195. The van der Waals surface area contributed by atoms with Crippen molar-refractivity contribution >= 4 is 5.78 Å². The van der Waals surface area contributed by atoms with E-state index in [-0.39, 0.29) is 0 Å². The summed E-state index contributed by atoms with van der Waals surface area (Å²) in [6, 6.07) is 0. The summed E-state index contributed by atoms with van der Waals surface area (Å²) in [5, 5.41) is 0. The first-order chi connectivity index (χ1) is 5.33. The summed E-state index contributed by atoms with van der Waals surface area (Å²) in [5.41, 5.74) is 0. The molecular formula is C10H14O. The predicted octanol–water partition coefficient (Wildman–Crippen LogP) is 2.18. The summed E-state index contributed by atoms with van der Waals surface area (Å²) in [7, 11) is 0. The van der Waals surface area contributed by atoms with E-state index in [0.29, 0.717) is 23.5 Å². The van der Waals surface area contributed by atoms with Crippen LogP contribution in [0.2, 0.25) is 0 Å². The van der Waals surface area contributed by atoms with E-state index in [1.807, 2.05) is 6.08 Å². The number of allylic oxidation sites excluding steroid dienone is 1. The molecule has 0 N–H and O–H groups in total. The van der Waals surface area contributed by atoms with Crippen LogP contribution in [0.4, 0.5) is 0 Å². The second kappa shape index (κ2) is 2.47. The quantitative estimate of drug-likeness (QED) is 0.551. The van der Waals surface area contributed by atoms with Crippen LogP contribution < -0.4 is 0 Å². The Balaban J connectivity index is 2.11. The van der Waals surface area contributed by atoms with Gasteiger partial charge in [-0.1, -0.05) is 6.08 Å². The normalized spacial score (nSPS) is 41.5. The fourth-order valence-electron chi connectivity index (χ4n) is 2.66. The summed E-state index contributed by atoms with van der Waals surface area (Å²) in [6.45, 7) is 3.69. The fourth-order valence-corrected chi connectivity index (χ4v) is 2.66. The van der Waals surface area contributed by atoms with Crippen LogP contribution in [-0.4, -0.2) is 5.78 Å². The number of rotatable bonds is 2. The van der Waals surface area contributed by atoms with Gasteiger partial charge >= 0.3 is 0 Å². The van der Waals surface area contributed by atoms with Gasteiger partial charge in [-0.15, -0.1) is 6.58 Å². The van der Waals surface area contributed by atoms with Crippen molar-refractivity contribution in [3.8, 4) is 0 Å². The van der Waals surface area contributed by atoms with Gasteiger partial charge in [-0.3, -0.25) is 4.79 Å². The number of carbonyl (C=O) groups excluding carboxylic acids is 1. The van der Waals surface area contributed by atoms with Crippen molar-refractivity contribution in [2.75, 3.05) is 0 Å². The molecule has 0 aromatic carbocycles. The zero-order valence-electron chi connectivity index (χ0n) is 6.75. The highest BCUT2D eigenvalue weighted by molar-refractivity contribution is 5.86. The topological polar surface area (TPSA) is 17.1 Å². The smallest absolute Gasteiger partial charge is 0.139 e. The maximum atomic E-state index is 11.5. The van der Waals surface area contributed by atoms with Crippen molar-refractivity contribution in [1.82, 2.24) is 0 Å². The zero-order chi connectivity index (χ0) is 7.84. The maximum absolute atomic E-state index is 11.5. The lowest BCUT2D eigenvalue weighted by molar-refractivity contribution is -0.125. The Morgan fingerprint density at radius 1 is 1.55 bits per heavy atom. The highest BCUT2D eigenvalue weighted by atomic mass is 16.1. The third kappa shape index (κ3) is 0.943. The molecule has 2 bridgehead atoms. The molecule has 2 aliphatic carbocycles. The minimum Gasteiger partial charge on any atom is -0.299 e. The van der Waals surface area contributed by atoms with Crippen molar-refractivity contribution in [3.63, 3.8) is 0 Å². The molecule has 0 radical (unpaired) electrons. The van der Waals surface area contributed by atoms with Crippen LogP contribution in [0.1, 0.15) is 25.7 Å². The van der Waals surface area contributed by atoms with E-state index in [4.69, 9.17) is 0 Å². The van der Waals surface area contributed by atoms with E-state index in [1.54, 1.807) is 0 Å². The molecule has 2 fully saturated rings. The van der Waals surface area contributed by atoms with Gasteiger partial charge in [-0.25, -0.2) is 0 Å². The van der Waals surface area contributed by atoms with Crippen molar-refractivity contribution in [1.29, 1.82) is 0 Å². The number of fused-ring (bicyclic) bond motifs is 2. The van der Waals surface area contributed by atoms with Crippen LogP contribution in [0.3, 0.4) is 0 Å². The molecule has 0 aromatic rings. The third-order valence-electron chi connectivity index (χ3n) is 3.23. The highest BCUT2D eigenvalue weighted by Crippen LogP contribution is 2.47. The summed E-state index contributed by atoms with van der Waals surface area (Å²) in [4.78, 5) is 11.5. The Morgan fingerprint density at radius 2 is 2.36 bits per heavy atom. The average molecular weight is 150 g/mol. The van der Waals surface area contributed by atoms with E-state index in [2.05, 4.69) is 6.58 Å². The first-order valence-corrected chi connectivity index (χ1v) is 4.47. The van der Waals surface area contributed by atoms with Gasteiger partial charge in [-0.2, -0.15) is 0 Å². The number of hydrogen-bond donors (Lipinski definition) is 0. The van der Waals surface area contributed by atoms with Crippen LogP contribution in [0.15, 0.2) is 12.7 Å². The van der Waals surface area contributed by atoms with E-state index in [0.717, 1.165) is 12.8 Å². The molecule has 1 nitrogen and oxygen atoms in total. The summed E-state index contributed by atoms with van der Waals surface area (Å²) in [6.07, 6.45) is 6.44. The molecule has 0 saturated heterocycles. The minimum atomic E-state index is 0.353. The van der Waals surface area contributed by atoms with Crippen molar-refractivity contribution < 1.29 is 4.79 Å². The Hall–Kier alpha value is -0.590. The third-order valence-corrected chi connectivity index (χ3v) is 3.23. The molecule has 0 amide bonds. The number of Topliss-reactive ketones (excluding diaryl/α,β-unsaturated/α-hetero) is 1. The van der Waals surface area contributed by atoms with E-state index in [1.165, 1.54) is 12.8 Å². The molecule has 0 aromatic heterocycles. The van der Waals surface area contributed by atoms with Crippen molar-refractivity contribution in [2.45, 2.75) is 25.7 Å². The van der Waals surface area contributed by atoms with E-state index < -0.39 is 0 Å². The lowest BCUT2D eigenvalue weighted by Gasteiger charge is -2.18. The lowest BCUT2D eigenvalue weighted by Crippen LogP contribution is -2.21. The number of hydrogen-bond acceptors (Lipinski definition) is 1. The van der Waals surface area contributed by atoms with Gasteiger partial charge in [0.25, 0.3) is 0 Å². The van der Waals surface area contributed by atoms with Crippen LogP contribution >= 0.6 is 0 Å². The van der Waals surface area contributed by atoms with Crippen molar-refractivity contribution in [3.05, 3.63) is 12.7 Å². The van der Waals surface area contributed by atoms with Gasteiger partial charge in [0, 0.05) is 11.8 Å². The summed E-state index contributed by atoms with van der Waals surface area (Å²) in [5.74, 6) is 2.03. The standard InChI is InChI=1S/C10H14O/c1-2-3-9-7-4-5-8(6-7)10(9)11/h2,7-9H,1,3-6H2/t7-,8+,9?/m1/s1. The minimum absolute atomic E-state index is 0.353. The lowest BCUT2D eigenvalue weighted by atomic mass is 9.85. The van der Waals surface area contributed by atoms with Gasteiger partial charge in [0.1, 0.15) is 5.78 Å².